The Labute approximate surface area is 156 Å². The second kappa shape index (κ2) is 7.23. The fourth-order valence-corrected chi connectivity index (χ4v) is 3.56. The normalized spacial score (nSPS) is 15.0. The molecule has 2 aromatic carbocycles. The van der Waals surface area contributed by atoms with E-state index in [1.165, 1.54) is 12.1 Å². The van der Waals surface area contributed by atoms with Crippen molar-refractivity contribution in [3.63, 3.8) is 0 Å². The zero-order valence-electron chi connectivity index (χ0n) is 15.1. The molecule has 1 aliphatic rings. The van der Waals surface area contributed by atoms with E-state index in [4.69, 9.17) is 4.74 Å². The molecule has 3 rings (SSSR count). The summed E-state index contributed by atoms with van der Waals surface area (Å²) in [6, 6.07) is 7.68. The lowest BCUT2D eigenvalue weighted by molar-refractivity contribution is -0.144. The van der Waals surface area contributed by atoms with Gasteiger partial charge >= 0.3 is 5.97 Å². The highest BCUT2D eigenvalue weighted by molar-refractivity contribution is 6.18. The number of Topliss-reactive ketones (excluding diaryl/α,β-unsaturated/α-hetero) is 1. The summed E-state index contributed by atoms with van der Waals surface area (Å²) in [5.41, 5.74) is 1.50. The average Bonchev–Trinajstić information content (AvgIpc) is 2.59. The lowest BCUT2D eigenvalue weighted by Gasteiger charge is -2.28. The molecule has 0 fully saturated rings. The van der Waals surface area contributed by atoms with Crippen molar-refractivity contribution in [1.82, 2.24) is 0 Å². The molecule has 0 aromatic heterocycles. The molecule has 0 saturated heterocycles. The number of ether oxygens (including phenoxy) is 1. The number of hydrogen-bond acceptors (Lipinski definition) is 6. The van der Waals surface area contributed by atoms with Crippen LogP contribution >= 0.6 is 0 Å². The van der Waals surface area contributed by atoms with E-state index in [2.05, 4.69) is 0 Å². The number of fused-ring (bicyclic) bond motifs is 2. The maximum Gasteiger partial charge on any atom is 0.306 e. The van der Waals surface area contributed by atoms with E-state index in [1.807, 2.05) is 0 Å². The SMILES string of the molecule is CCOC(=O)CCC(=O)C1c2cccc(O)c2C(=O)c2c(O)cc(C)cc21. The number of carbonyl (C=O) groups excluding carboxylic acids is 3. The molecule has 6 heteroatoms. The number of phenolic OH excluding ortho intramolecular Hbond substituents is 2. The van der Waals surface area contributed by atoms with Crippen LogP contribution in [-0.4, -0.2) is 34.4 Å². The third kappa shape index (κ3) is 3.30. The first-order valence-corrected chi connectivity index (χ1v) is 8.73. The van der Waals surface area contributed by atoms with Gasteiger partial charge in [0.1, 0.15) is 17.3 Å². The van der Waals surface area contributed by atoms with Gasteiger partial charge in [0.05, 0.1) is 30.1 Å². The summed E-state index contributed by atoms with van der Waals surface area (Å²) in [6.45, 7) is 3.67. The first-order valence-electron chi connectivity index (χ1n) is 8.73. The van der Waals surface area contributed by atoms with E-state index >= 15 is 0 Å². The third-order valence-electron chi connectivity index (χ3n) is 4.65. The Kier molecular flexibility index (Phi) is 4.99. The van der Waals surface area contributed by atoms with Gasteiger partial charge in [-0.2, -0.15) is 0 Å². The van der Waals surface area contributed by atoms with Crippen molar-refractivity contribution in [2.75, 3.05) is 6.61 Å². The first-order chi connectivity index (χ1) is 12.8. The van der Waals surface area contributed by atoms with Crippen LogP contribution in [0.2, 0.25) is 0 Å². The lowest BCUT2D eigenvalue weighted by atomic mass is 9.73. The summed E-state index contributed by atoms with van der Waals surface area (Å²) in [5.74, 6) is -2.60. The van der Waals surface area contributed by atoms with Crippen LogP contribution in [0.3, 0.4) is 0 Å². The minimum Gasteiger partial charge on any atom is -0.507 e. The van der Waals surface area contributed by atoms with E-state index in [-0.39, 0.29) is 47.9 Å². The van der Waals surface area contributed by atoms with Crippen molar-refractivity contribution in [2.24, 2.45) is 0 Å². The van der Waals surface area contributed by atoms with Crippen LogP contribution in [0.4, 0.5) is 0 Å². The Balaban J connectivity index is 2.10. The highest BCUT2D eigenvalue weighted by Crippen LogP contribution is 2.44. The number of ketones is 2. The zero-order chi connectivity index (χ0) is 19.7. The van der Waals surface area contributed by atoms with Gasteiger partial charge in [0.25, 0.3) is 0 Å². The van der Waals surface area contributed by atoms with Gasteiger partial charge in [-0.05, 0) is 42.7 Å². The Morgan fingerprint density at radius 2 is 1.74 bits per heavy atom. The van der Waals surface area contributed by atoms with E-state index < -0.39 is 17.7 Å². The summed E-state index contributed by atoms with van der Waals surface area (Å²) >= 11 is 0. The van der Waals surface area contributed by atoms with Crippen molar-refractivity contribution in [1.29, 1.82) is 0 Å². The number of aromatic hydroxyl groups is 2. The van der Waals surface area contributed by atoms with Crippen LogP contribution in [0.5, 0.6) is 11.5 Å². The van der Waals surface area contributed by atoms with Crippen LogP contribution in [-0.2, 0) is 14.3 Å². The topological polar surface area (TPSA) is 101 Å². The molecule has 0 radical (unpaired) electrons. The van der Waals surface area contributed by atoms with Crippen molar-refractivity contribution < 1.29 is 29.3 Å². The maximum absolute atomic E-state index is 13.0. The van der Waals surface area contributed by atoms with Gasteiger partial charge in [-0.15, -0.1) is 0 Å². The van der Waals surface area contributed by atoms with Gasteiger partial charge in [-0.25, -0.2) is 0 Å². The molecule has 0 saturated carbocycles. The predicted octanol–water partition coefficient (Wildman–Crippen LogP) is 2.99. The standard InChI is InChI=1S/C21H20O6/c1-3-27-17(25)8-7-15(23)18-12-5-4-6-14(22)19(12)21(26)20-13(18)9-11(2)10-16(20)24/h4-6,9-10,18,22,24H,3,7-8H2,1-2H3. The Morgan fingerprint density at radius 1 is 1.04 bits per heavy atom. The molecule has 27 heavy (non-hydrogen) atoms. The van der Waals surface area contributed by atoms with Crippen LogP contribution < -0.4 is 0 Å². The van der Waals surface area contributed by atoms with Gasteiger partial charge in [-0.3, -0.25) is 14.4 Å². The molecule has 0 spiro atoms. The number of rotatable bonds is 5. The fraction of sp³-hybridized carbons (Fsp3) is 0.286. The highest BCUT2D eigenvalue weighted by atomic mass is 16.5. The Morgan fingerprint density at radius 3 is 2.44 bits per heavy atom. The van der Waals surface area contributed by atoms with Gasteiger partial charge in [-0.1, -0.05) is 18.2 Å². The molecule has 140 valence electrons. The molecule has 0 aliphatic heterocycles. The highest BCUT2D eigenvalue weighted by Gasteiger charge is 2.38. The van der Waals surface area contributed by atoms with Crippen molar-refractivity contribution in [3.8, 4) is 11.5 Å². The van der Waals surface area contributed by atoms with Gasteiger partial charge in [0.15, 0.2) is 0 Å². The fourth-order valence-electron chi connectivity index (χ4n) is 3.56. The summed E-state index contributed by atoms with van der Waals surface area (Å²) < 4.78 is 4.87. The number of esters is 1. The van der Waals surface area contributed by atoms with Crippen molar-refractivity contribution in [2.45, 2.75) is 32.6 Å². The minimum absolute atomic E-state index is 0.0126. The number of benzene rings is 2. The molecule has 2 aromatic rings. The smallest absolute Gasteiger partial charge is 0.306 e. The summed E-state index contributed by atoms with van der Waals surface area (Å²) in [5, 5.41) is 20.5. The predicted molar refractivity (Wildman–Crippen MR) is 97.1 cm³/mol. The van der Waals surface area contributed by atoms with Gasteiger partial charge in [0, 0.05) is 6.42 Å². The van der Waals surface area contributed by atoms with Crippen molar-refractivity contribution in [3.05, 3.63) is 58.1 Å². The van der Waals surface area contributed by atoms with Crippen LogP contribution in [0.1, 0.15) is 58.3 Å². The van der Waals surface area contributed by atoms with E-state index in [0.717, 1.165) is 0 Å². The zero-order valence-corrected chi connectivity index (χ0v) is 15.1. The number of hydrogen-bond donors (Lipinski definition) is 2. The molecule has 6 nitrogen and oxygen atoms in total. The molecule has 2 N–H and O–H groups in total. The molecular weight excluding hydrogens is 348 g/mol. The molecule has 0 bridgehead atoms. The first kappa shape index (κ1) is 18.6. The molecule has 0 amide bonds. The third-order valence-corrected chi connectivity index (χ3v) is 4.65. The molecule has 1 unspecified atom stereocenters. The van der Waals surface area contributed by atoms with Crippen molar-refractivity contribution >= 4 is 17.5 Å². The summed E-state index contributed by atoms with van der Waals surface area (Å²) in [6.07, 6.45) is -0.140. The van der Waals surface area contributed by atoms with Crippen LogP contribution in [0, 0.1) is 6.92 Å². The molecule has 1 aliphatic carbocycles. The molecule has 0 heterocycles. The second-order valence-corrected chi connectivity index (χ2v) is 6.52. The van der Waals surface area contributed by atoms with E-state index in [9.17, 15) is 24.6 Å². The molecular formula is C21H20O6. The maximum atomic E-state index is 13.0. The Bertz CT molecular complexity index is 944. The average molecular weight is 368 g/mol. The molecule has 1 atom stereocenters. The van der Waals surface area contributed by atoms with E-state index in [0.29, 0.717) is 16.7 Å². The number of carbonyl (C=O) groups is 3. The lowest BCUT2D eigenvalue weighted by Crippen LogP contribution is -2.26. The van der Waals surface area contributed by atoms with Gasteiger partial charge < -0.3 is 14.9 Å². The number of phenols is 2. The monoisotopic (exact) mass is 368 g/mol. The largest absolute Gasteiger partial charge is 0.507 e. The van der Waals surface area contributed by atoms with Crippen LogP contribution in [0.25, 0.3) is 0 Å². The van der Waals surface area contributed by atoms with Crippen LogP contribution in [0.15, 0.2) is 30.3 Å². The van der Waals surface area contributed by atoms with Gasteiger partial charge in [0.2, 0.25) is 5.78 Å². The second-order valence-electron chi connectivity index (χ2n) is 6.52. The summed E-state index contributed by atoms with van der Waals surface area (Å²) in [7, 11) is 0. The minimum atomic E-state index is -0.847. The quantitative estimate of drug-likeness (QED) is 0.787. The number of aryl methyl sites for hydroxylation is 1. The Hall–Kier alpha value is -3.15. The summed E-state index contributed by atoms with van der Waals surface area (Å²) in [4.78, 5) is 37.5. The van der Waals surface area contributed by atoms with E-state index in [1.54, 1.807) is 32.0 Å².